The maximum Gasteiger partial charge on any atom is 0.273 e. The van der Waals surface area contributed by atoms with E-state index < -0.39 is 29.0 Å². The van der Waals surface area contributed by atoms with Gasteiger partial charge in [0.05, 0.1) is 11.1 Å². The molecule has 0 radical (unpaired) electrons. The van der Waals surface area contributed by atoms with E-state index in [1.807, 2.05) is 13.8 Å². The van der Waals surface area contributed by atoms with Gasteiger partial charge in [-0.2, -0.15) is 0 Å². The quantitative estimate of drug-likeness (QED) is 0.0759. The van der Waals surface area contributed by atoms with Crippen molar-refractivity contribution in [2.24, 2.45) is 5.41 Å². The van der Waals surface area contributed by atoms with E-state index in [2.05, 4.69) is 28.6 Å². The number of aryl methyl sites for hydroxylation is 2. The number of phenols is 2. The summed E-state index contributed by atoms with van der Waals surface area (Å²) < 4.78 is 0. The number of amides is 4. The van der Waals surface area contributed by atoms with Gasteiger partial charge in [-0.1, -0.05) is 96.9 Å². The molecule has 10 nitrogen and oxygen atoms in total. The fourth-order valence-corrected chi connectivity index (χ4v) is 5.15. The Bertz CT molecular complexity index is 1180. The van der Waals surface area contributed by atoms with Gasteiger partial charge in [0.2, 0.25) is 0 Å². The number of rotatable bonds is 17. The van der Waals surface area contributed by atoms with Crippen LogP contribution in [-0.4, -0.2) is 33.8 Å². The number of carbonyl (C=O) groups is 4. The lowest BCUT2D eigenvalue weighted by molar-refractivity contribution is -0.145. The SMILES string of the molecule is CCCCCCCC(CC)(C(=O)NNC(=O)c1cccc(CCCC)c1O)C(=O)NNC(=O)c1cccc(CCCC)c1O. The van der Waals surface area contributed by atoms with Crippen LogP contribution in [-0.2, 0) is 22.4 Å². The third-order valence-electron chi connectivity index (χ3n) is 8.09. The van der Waals surface area contributed by atoms with E-state index in [1.165, 1.54) is 12.1 Å². The second-order valence-electron chi connectivity index (χ2n) is 11.3. The van der Waals surface area contributed by atoms with Crippen molar-refractivity contribution in [1.82, 2.24) is 21.7 Å². The summed E-state index contributed by atoms with van der Waals surface area (Å²) in [5, 5.41) is 21.3. The Hall–Kier alpha value is -4.08. The van der Waals surface area contributed by atoms with Gasteiger partial charge < -0.3 is 10.2 Å². The van der Waals surface area contributed by atoms with E-state index in [0.717, 1.165) is 51.4 Å². The molecule has 44 heavy (non-hydrogen) atoms. The highest BCUT2D eigenvalue weighted by molar-refractivity contribution is 6.07. The second kappa shape index (κ2) is 18.6. The van der Waals surface area contributed by atoms with Crippen molar-refractivity contribution in [2.45, 2.75) is 111 Å². The van der Waals surface area contributed by atoms with Gasteiger partial charge in [-0.05, 0) is 61.8 Å². The van der Waals surface area contributed by atoms with Gasteiger partial charge in [0.15, 0.2) is 0 Å². The summed E-state index contributed by atoms with van der Waals surface area (Å²) in [7, 11) is 0. The van der Waals surface area contributed by atoms with Crippen LogP contribution >= 0.6 is 0 Å². The van der Waals surface area contributed by atoms with Crippen LogP contribution in [0.25, 0.3) is 0 Å². The molecular weight excluding hydrogens is 560 g/mol. The number of hydrogen-bond donors (Lipinski definition) is 6. The van der Waals surface area contributed by atoms with Crippen molar-refractivity contribution in [3.63, 3.8) is 0 Å². The molecular formula is C34H50N4O6. The van der Waals surface area contributed by atoms with Gasteiger partial charge in [0.1, 0.15) is 16.9 Å². The number of unbranched alkanes of at least 4 members (excludes halogenated alkanes) is 6. The monoisotopic (exact) mass is 610 g/mol. The molecule has 4 amide bonds. The number of aromatic hydroxyl groups is 2. The summed E-state index contributed by atoms with van der Waals surface area (Å²) >= 11 is 0. The third kappa shape index (κ3) is 9.72. The Balaban J connectivity index is 2.20. The van der Waals surface area contributed by atoms with Crippen molar-refractivity contribution in [3.8, 4) is 11.5 Å². The third-order valence-corrected chi connectivity index (χ3v) is 8.09. The van der Waals surface area contributed by atoms with E-state index in [4.69, 9.17) is 0 Å². The van der Waals surface area contributed by atoms with Crippen molar-refractivity contribution in [3.05, 3.63) is 58.7 Å². The maximum absolute atomic E-state index is 13.6. The number of carbonyl (C=O) groups excluding carboxylic acids is 4. The average molecular weight is 611 g/mol. The highest BCUT2D eigenvalue weighted by Crippen LogP contribution is 2.31. The van der Waals surface area contributed by atoms with E-state index in [1.54, 1.807) is 31.2 Å². The van der Waals surface area contributed by atoms with Crippen LogP contribution in [0.3, 0.4) is 0 Å². The lowest BCUT2D eigenvalue weighted by Gasteiger charge is -2.30. The van der Waals surface area contributed by atoms with Crippen LogP contribution in [0, 0.1) is 5.41 Å². The van der Waals surface area contributed by atoms with Crippen LogP contribution in [0.1, 0.15) is 130 Å². The summed E-state index contributed by atoms with van der Waals surface area (Å²) in [4.78, 5) is 53.1. The summed E-state index contributed by atoms with van der Waals surface area (Å²) in [6, 6.07) is 9.76. The minimum Gasteiger partial charge on any atom is -0.507 e. The summed E-state index contributed by atoms with van der Waals surface area (Å²) in [6.07, 6.45) is 9.48. The van der Waals surface area contributed by atoms with Gasteiger partial charge in [-0.25, -0.2) is 0 Å². The first-order valence-electron chi connectivity index (χ1n) is 16.0. The normalized spacial score (nSPS) is 11.1. The van der Waals surface area contributed by atoms with Gasteiger partial charge >= 0.3 is 0 Å². The molecule has 0 fully saturated rings. The molecule has 0 spiro atoms. The fraction of sp³-hybridized carbons (Fsp3) is 0.529. The molecule has 0 heterocycles. The molecule has 10 heteroatoms. The molecule has 0 aromatic heterocycles. The number of phenolic OH excluding ortho intramolecular Hbond substituents is 2. The Kier molecular flexibility index (Phi) is 15.2. The van der Waals surface area contributed by atoms with E-state index in [0.29, 0.717) is 30.4 Å². The first-order chi connectivity index (χ1) is 21.2. The molecule has 0 unspecified atom stereocenters. The average Bonchev–Trinajstić information content (AvgIpc) is 3.03. The smallest absolute Gasteiger partial charge is 0.273 e. The Morgan fingerprint density at radius 3 is 1.43 bits per heavy atom. The largest absolute Gasteiger partial charge is 0.507 e. The fourth-order valence-electron chi connectivity index (χ4n) is 5.15. The van der Waals surface area contributed by atoms with Gasteiger partial charge in [0.25, 0.3) is 23.6 Å². The molecule has 0 aliphatic rings. The van der Waals surface area contributed by atoms with E-state index in [9.17, 15) is 29.4 Å². The number of hydrogen-bond acceptors (Lipinski definition) is 6. The molecule has 2 aromatic rings. The van der Waals surface area contributed by atoms with Crippen molar-refractivity contribution >= 4 is 23.6 Å². The summed E-state index contributed by atoms with van der Waals surface area (Å²) in [6.45, 7) is 7.85. The molecule has 2 aromatic carbocycles. The zero-order chi connectivity index (χ0) is 32.5. The molecule has 2 rings (SSSR count). The zero-order valence-electron chi connectivity index (χ0n) is 26.7. The zero-order valence-corrected chi connectivity index (χ0v) is 26.7. The molecule has 0 aliphatic carbocycles. The van der Waals surface area contributed by atoms with Crippen LogP contribution in [0.2, 0.25) is 0 Å². The first kappa shape index (κ1) is 36.1. The minimum atomic E-state index is -1.61. The van der Waals surface area contributed by atoms with Crippen LogP contribution in [0.4, 0.5) is 0 Å². The Morgan fingerprint density at radius 1 is 0.591 bits per heavy atom. The van der Waals surface area contributed by atoms with Gasteiger partial charge in [0, 0.05) is 0 Å². The van der Waals surface area contributed by atoms with Crippen LogP contribution in [0.15, 0.2) is 36.4 Å². The minimum absolute atomic E-state index is 0.0123. The predicted molar refractivity (Wildman–Crippen MR) is 171 cm³/mol. The van der Waals surface area contributed by atoms with Crippen molar-refractivity contribution in [1.29, 1.82) is 0 Å². The molecule has 0 saturated carbocycles. The van der Waals surface area contributed by atoms with E-state index >= 15 is 0 Å². The maximum atomic E-state index is 13.6. The summed E-state index contributed by atoms with van der Waals surface area (Å²) in [5.41, 5.74) is 9.17. The summed E-state index contributed by atoms with van der Waals surface area (Å²) in [5.74, 6) is -3.19. The van der Waals surface area contributed by atoms with Gasteiger partial charge in [-0.15, -0.1) is 0 Å². The molecule has 0 bridgehead atoms. The van der Waals surface area contributed by atoms with Crippen molar-refractivity contribution in [2.75, 3.05) is 0 Å². The highest BCUT2D eigenvalue weighted by Gasteiger charge is 2.44. The lowest BCUT2D eigenvalue weighted by Crippen LogP contribution is -2.58. The standard InChI is InChI=1S/C34H50N4O6/c1-5-9-12-13-14-23-34(8-4,32(43)37-35-30(41)26-21-15-19-24(28(26)39)17-10-6-2)33(44)38-36-31(42)27-22-16-20-25(29(27)40)18-11-7-3/h15-16,19-22,39-40H,5-14,17-18,23H2,1-4H3,(H,35,41)(H,36,42)(H,37,43)(H,38,44). The molecule has 0 atom stereocenters. The number of hydrazine groups is 2. The predicted octanol–water partition coefficient (Wildman–Crippen LogP) is 5.76. The number of para-hydroxylation sites is 2. The molecule has 0 aliphatic heterocycles. The van der Waals surface area contributed by atoms with Crippen LogP contribution < -0.4 is 21.7 Å². The number of benzene rings is 2. The topological polar surface area (TPSA) is 157 Å². The number of nitrogens with one attached hydrogen (secondary N) is 4. The molecule has 242 valence electrons. The Labute approximate surface area is 261 Å². The second-order valence-corrected chi connectivity index (χ2v) is 11.3. The molecule has 0 saturated heterocycles. The highest BCUT2D eigenvalue weighted by atomic mass is 16.3. The van der Waals surface area contributed by atoms with Gasteiger partial charge in [-0.3, -0.25) is 40.9 Å². The first-order valence-corrected chi connectivity index (χ1v) is 16.0. The Morgan fingerprint density at radius 2 is 1.02 bits per heavy atom. The van der Waals surface area contributed by atoms with Crippen LogP contribution in [0.5, 0.6) is 11.5 Å². The van der Waals surface area contributed by atoms with Crippen molar-refractivity contribution < 1.29 is 29.4 Å². The lowest BCUT2D eigenvalue weighted by atomic mass is 9.78. The van der Waals surface area contributed by atoms with E-state index in [-0.39, 0.29) is 35.5 Å². The molecule has 6 N–H and O–H groups in total.